The number of alkyl carbamates (subject to hydrolysis) is 1. The molecular formula is C49H100N2O6. The molecule has 0 aliphatic heterocycles. The monoisotopic (exact) mass is 813 g/mol. The van der Waals surface area contributed by atoms with Gasteiger partial charge in [0.1, 0.15) is 12.9 Å². The second kappa shape index (κ2) is 49.0. The third kappa shape index (κ3) is 45.6. The summed E-state index contributed by atoms with van der Waals surface area (Å²) >= 11 is 0. The Bertz CT molecular complexity index is 766. The van der Waals surface area contributed by atoms with Gasteiger partial charge in [0, 0.05) is 19.6 Å². The van der Waals surface area contributed by atoms with Crippen LogP contribution in [0.25, 0.3) is 0 Å². The highest BCUT2D eigenvalue weighted by Gasteiger charge is 2.15. The Morgan fingerprint density at radius 3 is 1.39 bits per heavy atom. The van der Waals surface area contributed by atoms with Crippen LogP contribution in [-0.4, -0.2) is 63.4 Å². The molecule has 0 aromatic rings. The van der Waals surface area contributed by atoms with Gasteiger partial charge < -0.3 is 30.0 Å². The lowest BCUT2D eigenvalue weighted by Gasteiger charge is -2.18. The summed E-state index contributed by atoms with van der Waals surface area (Å²) in [5.41, 5.74) is 0. The van der Waals surface area contributed by atoms with Crippen molar-refractivity contribution in [3.63, 3.8) is 0 Å². The average molecular weight is 813 g/mol. The van der Waals surface area contributed by atoms with E-state index in [9.17, 15) is 9.59 Å². The highest BCUT2D eigenvalue weighted by molar-refractivity contribution is 5.69. The van der Waals surface area contributed by atoms with E-state index in [0.29, 0.717) is 25.5 Å². The first-order chi connectivity index (χ1) is 27.9. The largest absolute Gasteiger partial charge is 0.466 e. The third-order valence-corrected chi connectivity index (χ3v) is 11.3. The quantitative estimate of drug-likeness (QED) is 0.0320. The van der Waals surface area contributed by atoms with Crippen LogP contribution in [-0.2, 0) is 19.0 Å². The molecule has 8 heteroatoms. The minimum absolute atomic E-state index is 0.00761. The van der Waals surface area contributed by atoms with E-state index in [0.717, 1.165) is 89.7 Å². The van der Waals surface area contributed by atoms with Crippen LogP contribution in [0.15, 0.2) is 0 Å². The summed E-state index contributed by atoms with van der Waals surface area (Å²) in [7, 11) is 1.92. The van der Waals surface area contributed by atoms with Crippen LogP contribution in [0.1, 0.15) is 247 Å². The smallest absolute Gasteiger partial charge is 0.407 e. The molecular weight excluding hydrogens is 713 g/mol. The van der Waals surface area contributed by atoms with Crippen LogP contribution in [0.5, 0.6) is 0 Å². The maximum Gasteiger partial charge on any atom is 0.407 e. The summed E-state index contributed by atoms with van der Waals surface area (Å²) in [6.45, 7) is 14.0. The van der Waals surface area contributed by atoms with Crippen molar-refractivity contribution in [1.29, 1.82) is 0 Å². The Morgan fingerprint density at radius 1 is 0.491 bits per heavy atom. The molecule has 1 atom stereocenters. The number of carbonyl (C=O) groups excluding carboxylic acids is 2. The SMILES string of the molecule is CCCCCC(CCCCC)CCOCO.CCCCCCCCC(CCCCCCCC(=O)OCCC(CCCCC)CCCCC)OC(=O)NCCCNC. The molecule has 0 aliphatic rings. The number of carbonyl (C=O) groups is 2. The van der Waals surface area contributed by atoms with E-state index < -0.39 is 0 Å². The molecule has 0 aromatic carbocycles. The van der Waals surface area contributed by atoms with Crippen LogP contribution in [0.3, 0.4) is 0 Å². The zero-order valence-corrected chi connectivity index (χ0v) is 39.1. The van der Waals surface area contributed by atoms with Gasteiger partial charge in [-0.2, -0.15) is 0 Å². The number of ether oxygens (including phenoxy) is 3. The molecule has 0 rings (SSSR count). The van der Waals surface area contributed by atoms with E-state index in [1.807, 2.05) is 7.05 Å². The van der Waals surface area contributed by atoms with Crippen molar-refractivity contribution in [2.75, 3.05) is 40.1 Å². The van der Waals surface area contributed by atoms with Crippen LogP contribution in [0, 0.1) is 11.8 Å². The second-order valence-electron chi connectivity index (χ2n) is 16.8. The number of aliphatic hydroxyl groups excluding tert-OH is 1. The number of rotatable bonds is 43. The Hall–Kier alpha value is -1.38. The molecule has 342 valence electrons. The second-order valence-corrected chi connectivity index (χ2v) is 16.8. The zero-order chi connectivity index (χ0) is 42.3. The fourth-order valence-electron chi connectivity index (χ4n) is 7.56. The number of esters is 1. The van der Waals surface area contributed by atoms with E-state index in [-0.39, 0.29) is 25.0 Å². The summed E-state index contributed by atoms with van der Waals surface area (Å²) in [4.78, 5) is 24.5. The van der Waals surface area contributed by atoms with Crippen LogP contribution < -0.4 is 10.6 Å². The maximum absolute atomic E-state index is 12.3. The van der Waals surface area contributed by atoms with Crippen molar-refractivity contribution in [2.45, 2.75) is 253 Å². The van der Waals surface area contributed by atoms with Gasteiger partial charge in [-0.25, -0.2) is 4.79 Å². The number of hydrogen-bond acceptors (Lipinski definition) is 7. The van der Waals surface area contributed by atoms with Crippen molar-refractivity contribution in [3.8, 4) is 0 Å². The van der Waals surface area contributed by atoms with Crippen molar-refractivity contribution in [2.24, 2.45) is 11.8 Å². The van der Waals surface area contributed by atoms with E-state index in [1.54, 1.807) is 0 Å². The number of hydrogen-bond donors (Lipinski definition) is 3. The van der Waals surface area contributed by atoms with Gasteiger partial charge in [-0.3, -0.25) is 4.79 Å². The Morgan fingerprint density at radius 2 is 0.912 bits per heavy atom. The Labute approximate surface area is 355 Å². The highest BCUT2D eigenvalue weighted by Crippen LogP contribution is 2.23. The van der Waals surface area contributed by atoms with E-state index in [2.05, 4.69) is 45.3 Å². The van der Waals surface area contributed by atoms with E-state index >= 15 is 0 Å². The maximum atomic E-state index is 12.3. The van der Waals surface area contributed by atoms with Crippen molar-refractivity contribution in [1.82, 2.24) is 10.6 Å². The van der Waals surface area contributed by atoms with Gasteiger partial charge in [0.25, 0.3) is 0 Å². The summed E-state index contributed by atoms with van der Waals surface area (Å²) in [5, 5.41) is 14.6. The third-order valence-electron chi connectivity index (χ3n) is 11.3. The first kappa shape index (κ1) is 57.7. The van der Waals surface area contributed by atoms with Gasteiger partial charge in [0.2, 0.25) is 0 Å². The molecule has 0 radical (unpaired) electrons. The number of amides is 1. The molecule has 0 heterocycles. The summed E-state index contributed by atoms with van der Waals surface area (Å²) in [5.74, 6) is 1.49. The van der Waals surface area contributed by atoms with Gasteiger partial charge in [-0.1, -0.05) is 189 Å². The molecule has 0 spiro atoms. The lowest BCUT2D eigenvalue weighted by molar-refractivity contribution is -0.144. The van der Waals surface area contributed by atoms with Crippen LogP contribution in [0.2, 0.25) is 0 Å². The number of unbranched alkanes of at least 4 members (excludes halogenated alkanes) is 17. The van der Waals surface area contributed by atoms with E-state index in [4.69, 9.17) is 19.3 Å². The molecule has 0 saturated heterocycles. The molecule has 0 aliphatic carbocycles. The predicted octanol–water partition coefficient (Wildman–Crippen LogP) is 14.0. The fourth-order valence-corrected chi connectivity index (χ4v) is 7.56. The molecule has 3 N–H and O–H groups in total. The van der Waals surface area contributed by atoms with Gasteiger partial charge >= 0.3 is 12.1 Å². The van der Waals surface area contributed by atoms with Gasteiger partial charge in [0.05, 0.1) is 6.61 Å². The van der Waals surface area contributed by atoms with E-state index in [1.165, 1.54) is 135 Å². The minimum atomic E-state index is -0.274. The molecule has 0 aromatic heterocycles. The molecule has 1 unspecified atom stereocenters. The van der Waals surface area contributed by atoms with Crippen molar-refractivity contribution < 1.29 is 28.9 Å². The average Bonchev–Trinajstić information content (AvgIpc) is 3.20. The zero-order valence-electron chi connectivity index (χ0n) is 39.1. The predicted molar refractivity (Wildman–Crippen MR) is 244 cm³/mol. The Kier molecular flexibility index (Phi) is 49.6. The summed E-state index contributed by atoms with van der Waals surface area (Å²) in [6.07, 6.45) is 39.0. The lowest BCUT2D eigenvalue weighted by atomic mass is 9.92. The molecule has 0 bridgehead atoms. The number of aliphatic hydroxyl groups is 1. The molecule has 0 fully saturated rings. The topological polar surface area (TPSA) is 106 Å². The Balaban J connectivity index is 0. The minimum Gasteiger partial charge on any atom is -0.466 e. The van der Waals surface area contributed by atoms with Gasteiger partial charge in [-0.15, -0.1) is 0 Å². The lowest BCUT2D eigenvalue weighted by Crippen LogP contribution is -2.31. The normalized spacial score (nSPS) is 11.8. The van der Waals surface area contributed by atoms with Gasteiger partial charge in [0.15, 0.2) is 0 Å². The van der Waals surface area contributed by atoms with Crippen LogP contribution in [0.4, 0.5) is 4.79 Å². The van der Waals surface area contributed by atoms with Gasteiger partial charge in [-0.05, 0) is 76.8 Å². The molecule has 8 nitrogen and oxygen atoms in total. The van der Waals surface area contributed by atoms with Crippen molar-refractivity contribution >= 4 is 12.1 Å². The summed E-state index contributed by atoms with van der Waals surface area (Å²) < 4.78 is 16.4. The standard InChI is InChI=1S/C35H70N2O4.C14H30O2/c1-5-8-11-12-14-19-25-33(41-35(39)37-30-22-29-36-4)26-20-15-13-16-21-27-34(38)40-31-28-32(23-17-9-6-2)24-18-10-7-3;1-3-5-7-9-14(10-8-6-4-2)11-12-16-13-15/h32-33,36H,5-31H2,1-4H3,(H,37,39);14-15H,3-13H2,1-2H3. The van der Waals surface area contributed by atoms with Crippen molar-refractivity contribution in [3.05, 3.63) is 0 Å². The van der Waals surface area contributed by atoms with Crippen LogP contribution >= 0.6 is 0 Å². The first-order valence-corrected chi connectivity index (χ1v) is 24.8. The molecule has 57 heavy (non-hydrogen) atoms. The first-order valence-electron chi connectivity index (χ1n) is 24.8. The molecule has 0 saturated carbocycles. The summed E-state index contributed by atoms with van der Waals surface area (Å²) in [6, 6.07) is 0. The number of nitrogens with one attached hydrogen (secondary N) is 2. The fraction of sp³-hybridized carbons (Fsp3) is 0.959. The molecule has 1 amide bonds. The highest BCUT2D eigenvalue weighted by atomic mass is 16.6.